The van der Waals surface area contributed by atoms with Crippen molar-refractivity contribution < 1.29 is 80.2 Å². The average Bonchev–Trinajstić information content (AvgIpc) is 0.910. The molecule has 0 aliphatic carbocycles. The number of esters is 4. The molecule has 0 saturated carbocycles. The molecule has 0 radical (unpaired) electrons. The highest BCUT2D eigenvalue weighted by Crippen LogP contribution is 2.45. The van der Waals surface area contributed by atoms with Crippen LogP contribution in [0.3, 0.4) is 0 Å². The summed E-state index contributed by atoms with van der Waals surface area (Å²) in [6, 6.07) is 0. The summed E-state index contributed by atoms with van der Waals surface area (Å²) in [6.07, 6.45) is 65.5. The molecule has 0 aliphatic rings. The predicted octanol–water partition coefficient (Wildman–Crippen LogP) is 25.7. The van der Waals surface area contributed by atoms with Crippen LogP contribution in [-0.4, -0.2) is 96.7 Å². The Morgan fingerprint density at radius 3 is 0.731 bits per heavy atom. The van der Waals surface area contributed by atoms with E-state index >= 15 is 0 Å². The smallest absolute Gasteiger partial charge is 0.462 e. The normalized spacial score (nSPS) is 14.4. The highest BCUT2D eigenvalue weighted by Gasteiger charge is 2.30. The van der Waals surface area contributed by atoms with Gasteiger partial charge in [0.1, 0.15) is 19.3 Å². The number of phosphoric acid groups is 2. The summed E-state index contributed by atoms with van der Waals surface area (Å²) in [6.45, 7) is 12.0. The largest absolute Gasteiger partial charge is 0.472 e. The van der Waals surface area contributed by atoms with Crippen LogP contribution < -0.4 is 0 Å². The zero-order valence-electron chi connectivity index (χ0n) is 68.5. The summed E-state index contributed by atoms with van der Waals surface area (Å²) >= 11 is 0. The minimum atomic E-state index is -4.97. The highest BCUT2D eigenvalue weighted by atomic mass is 31.2. The number of aliphatic hydroxyl groups is 1. The topological polar surface area (TPSA) is 237 Å². The van der Waals surface area contributed by atoms with Crippen LogP contribution in [0.5, 0.6) is 0 Å². The fourth-order valence-electron chi connectivity index (χ4n) is 13.1. The third-order valence-corrected chi connectivity index (χ3v) is 22.5. The molecule has 0 aromatic heterocycles. The van der Waals surface area contributed by atoms with Crippen molar-refractivity contribution in [3.05, 3.63) is 0 Å². The van der Waals surface area contributed by atoms with Crippen molar-refractivity contribution in [1.82, 2.24) is 0 Å². The highest BCUT2D eigenvalue weighted by molar-refractivity contribution is 7.47. The standard InChI is InChI=1S/C85H166O17P2/c1-8-11-12-13-14-15-16-17-18-19-20-21-25-28-31-34-39-44-52-59-66-82(87)95-72-80(101-84(89)68-61-54-45-40-35-32-29-26-23-22-24-27-30-33-38-43-50-57-64-77(6)9-2)74-99-103(91,92)97-70-79(86)71-98-104(93,94)100-75-81(73-96-83(88)67-60-53-48-47-51-58-65-78(7)10-3)102-85(90)69-62-55-46-41-36-37-42-49-56-63-76(4)5/h76-81,86H,8-75H2,1-7H3,(H,91,92)(H,93,94)/t77?,78?,79-,80-,81-/m1/s1. The quantitative estimate of drug-likeness (QED) is 0.0222. The van der Waals surface area contributed by atoms with Gasteiger partial charge < -0.3 is 33.8 Å². The second-order valence-corrected chi connectivity index (χ2v) is 34.4. The number of aliphatic hydroxyl groups excluding tert-OH is 1. The first-order valence-electron chi connectivity index (χ1n) is 43.9. The van der Waals surface area contributed by atoms with Gasteiger partial charge in [0.05, 0.1) is 26.4 Å². The minimum Gasteiger partial charge on any atom is -0.462 e. The summed E-state index contributed by atoms with van der Waals surface area (Å²) in [7, 11) is -9.93. The van der Waals surface area contributed by atoms with Crippen LogP contribution in [0.2, 0.25) is 0 Å². The van der Waals surface area contributed by atoms with Crippen LogP contribution in [0.25, 0.3) is 0 Å². The minimum absolute atomic E-state index is 0.105. The van der Waals surface area contributed by atoms with Crippen LogP contribution in [-0.2, 0) is 65.4 Å². The van der Waals surface area contributed by atoms with E-state index in [9.17, 15) is 43.2 Å². The van der Waals surface area contributed by atoms with Gasteiger partial charge in [0.25, 0.3) is 0 Å². The van der Waals surface area contributed by atoms with Gasteiger partial charge in [0, 0.05) is 25.7 Å². The molecule has 0 rings (SSSR count). The Morgan fingerprint density at radius 1 is 0.279 bits per heavy atom. The predicted molar refractivity (Wildman–Crippen MR) is 428 cm³/mol. The molecule has 104 heavy (non-hydrogen) atoms. The molecule has 3 N–H and O–H groups in total. The Balaban J connectivity index is 5.20. The first-order valence-corrected chi connectivity index (χ1v) is 46.9. The molecule has 0 saturated heterocycles. The van der Waals surface area contributed by atoms with Gasteiger partial charge in [-0.2, -0.15) is 0 Å². The number of carbonyl (C=O) groups excluding carboxylic acids is 4. The molecule has 0 aromatic carbocycles. The van der Waals surface area contributed by atoms with Crippen LogP contribution in [0.4, 0.5) is 0 Å². The number of hydrogen-bond acceptors (Lipinski definition) is 15. The zero-order valence-corrected chi connectivity index (χ0v) is 70.3. The summed E-state index contributed by atoms with van der Waals surface area (Å²) in [5.41, 5.74) is 0. The second-order valence-electron chi connectivity index (χ2n) is 31.5. The fraction of sp³-hybridized carbons (Fsp3) is 0.953. The van der Waals surface area contributed by atoms with Gasteiger partial charge in [-0.25, -0.2) is 9.13 Å². The Labute approximate surface area is 638 Å². The van der Waals surface area contributed by atoms with E-state index in [0.29, 0.717) is 25.7 Å². The molecule has 0 heterocycles. The first kappa shape index (κ1) is 102. The van der Waals surface area contributed by atoms with Gasteiger partial charge in [0.15, 0.2) is 12.2 Å². The van der Waals surface area contributed by atoms with Crippen molar-refractivity contribution >= 4 is 39.5 Å². The lowest BCUT2D eigenvalue weighted by molar-refractivity contribution is -0.161. The zero-order chi connectivity index (χ0) is 76.5. The number of phosphoric ester groups is 2. The van der Waals surface area contributed by atoms with E-state index in [2.05, 4.69) is 48.5 Å². The lowest BCUT2D eigenvalue weighted by Gasteiger charge is -2.21. The molecule has 0 aliphatic heterocycles. The lowest BCUT2D eigenvalue weighted by Crippen LogP contribution is -2.30. The van der Waals surface area contributed by atoms with Crippen LogP contribution >= 0.6 is 15.6 Å². The number of carbonyl (C=O) groups is 4. The Kier molecular flexibility index (Phi) is 73.7. The van der Waals surface area contributed by atoms with Gasteiger partial charge in [-0.15, -0.1) is 0 Å². The molecule has 4 unspecified atom stereocenters. The van der Waals surface area contributed by atoms with E-state index in [1.807, 2.05) is 0 Å². The number of ether oxygens (including phenoxy) is 4. The maximum absolute atomic E-state index is 13.1. The fourth-order valence-corrected chi connectivity index (χ4v) is 14.7. The molecule has 0 fully saturated rings. The maximum atomic E-state index is 13.1. The van der Waals surface area contributed by atoms with Crippen LogP contribution in [0.15, 0.2) is 0 Å². The summed E-state index contributed by atoms with van der Waals surface area (Å²) in [4.78, 5) is 73.1. The molecule has 17 nitrogen and oxygen atoms in total. The van der Waals surface area contributed by atoms with Gasteiger partial charge in [-0.05, 0) is 43.4 Å². The summed E-state index contributed by atoms with van der Waals surface area (Å²) in [5, 5.41) is 10.7. The van der Waals surface area contributed by atoms with Gasteiger partial charge in [0.2, 0.25) is 0 Å². The van der Waals surface area contributed by atoms with E-state index in [0.717, 1.165) is 114 Å². The van der Waals surface area contributed by atoms with Crippen LogP contribution in [0.1, 0.15) is 447 Å². The Hall–Kier alpha value is -1.94. The number of rotatable bonds is 83. The number of unbranched alkanes of at least 4 members (excludes halogenated alkanes) is 49. The van der Waals surface area contributed by atoms with Crippen molar-refractivity contribution in [1.29, 1.82) is 0 Å². The second kappa shape index (κ2) is 75.1. The van der Waals surface area contributed by atoms with Crippen molar-refractivity contribution in [2.45, 2.75) is 465 Å². The van der Waals surface area contributed by atoms with Gasteiger partial charge >= 0.3 is 39.5 Å². The monoisotopic (exact) mass is 1520 g/mol. The first-order chi connectivity index (χ1) is 50.3. The third kappa shape index (κ3) is 75.5. The van der Waals surface area contributed by atoms with Crippen molar-refractivity contribution in [3.8, 4) is 0 Å². The third-order valence-electron chi connectivity index (χ3n) is 20.6. The molecule has 0 spiro atoms. The van der Waals surface area contributed by atoms with Gasteiger partial charge in [-0.1, -0.05) is 395 Å². The average molecular weight is 1520 g/mol. The molecule has 0 amide bonds. The Morgan fingerprint density at radius 2 is 0.490 bits per heavy atom. The van der Waals surface area contributed by atoms with E-state index in [1.54, 1.807) is 0 Å². The lowest BCUT2D eigenvalue weighted by atomic mass is 9.99. The van der Waals surface area contributed by atoms with Gasteiger partial charge in [-0.3, -0.25) is 37.3 Å². The molecular weight excluding hydrogens is 1350 g/mol. The molecule has 618 valence electrons. The van der Waals surface area contributed by atoms with E-state index in [4.69, 9.17) is 37.0 Å². The maximum Gasteiger partial charge on any atom is 0.472 e. The molecule has 7 atom stereocenters. The van der Waals surface area contributed by atoms with Crippen molar-refractivity contribution in [2.75, 3.05) is 39.6 Å². The van der Waals surface area contributed by atoms with Crippen molar-refractivity contribution in [3.63, 3.8) is 0 Å². The summed E-state index contributed by atoms with van der Waals surface area (Å²) in [5.74, 6) is 0.228. The molecular formula is C85H166O17P2. The van der Waals surface area contributed by atoms with Crippen molar-refractivity contribution in [2.24, 2.45) is 17.8 Å². The molecule has 0 aromatic rings. The van der Waals surface area contributed by atoms with E-state index < -0.39 is 97.5 Å². The number of hydrogen-bond donors (Lipinski definition) is 3. The van der Waals surface area contributed by atoms with E-state index in [1.165, 1.54) is 250 Å². The molecule has 0 bridgehead atoms. The Bertz CT molecular complexity index is 2010. The van der Waals surface area contributed by atoms with E-state index in [-0.39, 0.29) is 25.7 Å². The summed E-state index contributed by atoms with van der Waals surface area (Å²) < 4.78 is 68.8. The molecule has 19 heteroatoms. The van der Waals surface area contributed by atoms with Crippen LogP contribution in [0, 0.1) is 17.8 Å². The SMILES string of the molecule is CCCCCCCCCCCCCCCCCCCCCCC(=O)OC[C@H](COP(=O)(O)OC[C@@H](O)COP(=O)(O)OC[C@@H](COC(=O)CCCCCCCCC(C)CC)OC(=O)CCCCCCCCCCCC(C)C)OC(=O)CCCCCCCCCCCCCCCCCCCCC(C)CC.